The maximum absolute atomic E-state index is 13.1. The van der Waals surface area contributed by atoms with Crippen LogP contribution in [0.4, 0.5) is 5.69 Å². The van der Waals surface area contributed by atoms with Crippen LogP contribution in [-0.2, 0) is 11.3 Å². The zero-order valence-corrected chi connectivity index (χ0v) is 17.7. The van der Waals surface area contributed by atoms with Crippen molar-refractivity contribution in [3.8, 4) is 0 Å². The molecule has 1 N–H and O–H groups in total. The Morgan fingerprint density at radius 2 is 1.77 bits per heavy atom. The number of pyridine rings is 1. The highest BCUT2D eigenvalue weighted by Crippen LogP contribution is 2.61. The Morgan fingerprint density at radius 3 is 2.45 bits per heavy atom. The molecular formula is C26H28N2O3. The first kappa shape index (κ1) is 18.9. The zero-order chi connectivity index (χ0) is 21.0. The summed E-state index contributed by atoms with van der Waals surface area (Å²) in [6.07, 6.45) is 13.5. The predicted molar refractivity (Wildman–Crippen MR) is 120 cm³/mol. The van der Waals surface area contributed by atoms with Crippen LogP contribution in [0.2, 0.25) is 0 Å². The molecule has 4 bridgehead atoms. The van der Waals surface area contributed by atoms with E-state index in [1.54, 1.807) is 23.3 Å². The average molecular weight is 417 g/mol. The Hall–Kier alpha value is -2.82. The highest BCUT2D eigenvalue weighted by Gasteiger charge is 2.51. The molecule has 0 spiro atoms. The largest absolute Gasteiger partial charge is 0.472 e. The summed E-state index contributed by atoms with van der Waals surface area (Å²) in [5.74, 6) is 2.61. The Balaban J connectivity index is 1.24. The van der Waals surface area contributed by atoms with E-state index in [1.165, 1.54) is 38.5 Å². The topological polar surface area (TPSA) is 64.2 Å². The fourth-order valence-corrected chi connectivity index (χ4v) is 7.17. The first-order chi connectivity index (χ1) is 15.1. The number of carbonyl (C=O) groups excluding carboxylic acids is 1. The molecule has 0 saturated heterocycles. The minimum Gasteiger partial charge on any atom is -0.472 e. The van der Waals surface area contributed by atoms with Crippen molar-refractivity contribution in [2.45, 2.75) is 51.5 Å². The highest BCUT2D eigenvalue weighted by atomic mass is 16.3. The number of nitrogens with one attached hydrogen (secondary N) is 1. The second kappa shape index (κ2) is 7.11. The summed E-state index contributed by atoms with van der Waals surface area (Å²) in [6.45, 7) is 0.466. The van der Waals surface area contributed by atoms with Gasteiger partial charge in [0.25, 0.3) is 5.56 Å². The van der Waals surface area contributed by atoms with E-state index in [9.17, 15) is 9.59 Å². The Kier molecular flexibility index (Phi) is 4.34. The van der Waals surface area contributed by atoms with Gasteiger partial charge in [-0.05, 0) is 86.0 Å². The Morgan fingerprint density at radius 1 is 1.03 bits per heavy atom. The minimum atomic E-state index is -0.0594. The molecule has 0 atom stereocenters. The van der Waals surface area contributed by atoms with Crippen LogP contribution in [-0.4, -0.2) is 10.5 Å². The molecule has 0 radical (unpaired) electrons. The molecule has 0 aliphatic heterocycles. The minimum absolute atomic E-state index is 0.0594. The fraction of sp³-hybridized carbons (Fsp3) is 0.462. The third-order valence-corrected chi connectivity index (χ3v) is 7.93. The SMILES string of the molecule is O=C(CC12CC3CC(CC(C3)C1)C2)Nc1cccc2c(=O)n(Cc3ccoc3)ccc12. The van der Waals surface area contributed by atoms with E-state index in [0.29, 0.717) is 18.4 Å². The number of furan rings is 1. The molecule has 3 aromatic rings. The van der Waals surface area contributed by atoms with Crippen molar-refractivity contribution in [3.05, 3.63) is 65.0 Å². The number of carbonyl (C=O) groups is 1. The number of amides is 1. The van der Waals surface area contributed by atoms with Crippen LogP contribution in [0.1, 0.15) is 50.5 Å². The Bertz CT molecular complexity index is 1160. The zero-order valence-electron chi connectivity index (χ0n) is 17.7. The summed E-state index contributed by atoms with van der Waals surface area (Å²) >= 11 is 0. The van der Waals surface area contributed by atoms with Crippen LogP contribution in [0, 0.1) is 23.2 Å². The number of fused-ring (bicyclic) bond motifs is 1. The summed E-state index contributed by atoms with van der Waals surface area (Å²) < 4.78 is 6.79. The van der Waals surface area contributed by atoms with Gasteiger partial charge in [0, 0.05) is 34.6 Å². The number of hydrogen-bond acceptors (Lipinski definition) is 3. The van der Waals surface area contributed by atoms with Crippen LogP contribution in [0.15, 0.2) is 58.3 Å². The van der Waals surface area contributed by atoms with Gasteiger partial charge in [0.15, 0.2) is 0 Å². The van der Waals surface area contributed by atoms with Gasteiger partial charge < -0.3 is 14.3 Å². The van der Waals surface area contributed by atoms with E-state index in [1.807, 2.05) is 30.3 Å². The second-order valence-electron chi connectivity index (χ2n) is 10.3. The van der Waals surface area contributed by atoms with Gasteiger partial charge in [-0.1, -0.05) is 6.07 Å². The average Bonchev–Trinajstić information content (AvgIpc) is 3.22. The van der Waals surface area contributed by atoms with Crippen LogP contribution >= 0.6 is 0 Å². The molecule has 31 heavy (non-hydrogen) atoms. The molecule has 5 nitrogen and oxygen atoms in total. The summed E-state index contributed by atoms with van der Waals surface area (Å²) in [5, 5.41) is 4.57. The van der Waals surface area contributed by atoms with E-state index in [4.69, 9.17) is 4.42 Å². The third-order valence-electron chi connectivity index (χ3n) is 7.93. The molecule has 4 aliphatic carbocycles. The van der Waals surface area contributed by atoms with Crippen molar-refractivity contribution in [1.29, 1.82) is 0 Å². The lowest BCUT2D eigenvalue weighted by molar-refractivity contribution is -0.124. The summed E-state index contributed by atoms with van der Waals surface area (Å²) in [6, 6.07) is 9.37. The van der Waals surface area contributed by atoms with E-state index in [-0.39, 0.29) is 16.9 Å². The van der Waals surface area contributed by atoms with Gasteiger partial charge in [-0.2, -0.15) is 0 Å². The molecule has 2 heterocycles. The quantitative estimate of drug-likeness (QED) is 0.623. The van der Waals surface area contributed by atoms with Gasteiger partial charge in [-0.25, -0.2) is 0 Å². The van der Waals surface area contributed by atoms with Gasteiger partial charge in [0.05, 0.1) is 19.1 Å². The van der Waals surface area contributed by atoms with Gasteiger partial charge in [0.1, 0.15) is 0 Å². The lowest BCUT2D eigenvalue weighted by atomic mass is 9.49. The van der Waals surface area contributed by atoms with Crippen molar-refractivity contribution in [2.24, 2.45) is 23.2 Å². The Labute approximate surface area is 181 Å². The highest BCUT2D eigenvalue weighted by molar-refractivity contribution is 6.02. The van der Waals surface area contributed by atoms with E-state index in [0.717, 1.165) is 34.4 Å². The van der Waals surface area contributed by atoms with Crippen LogP contribution < -0.4 is 10.9 Å². The molecule has 160 valence electrons. The van der Waals surface area contributed by atoms with Crippen molar-refractivity contribution in [2.75, 3.05) is 5.32 Å². The van der Waals surface area contributed by atoms with Crippen molar-refractivity contribution in [3.63, 3.8) is 0 Å². The third kappa shape index (κ3) is 3.40. The van der Waals surface area contributed by atoms with Gasteiger partial charge in [-0.15, -0.1) is 0 Å². The molecule has 4 aliphatic rings. The predicted octanol–water partition coefficient (Wildman–Crippen LogP) is 5.19. The molecule has 1 amide bonds. The maximum Gasteiger partial charge on any atom is 0.258 e. The molecular weight excluding hydrogens is 388 g/mol. The van der Waals surface area contributed by atoms with E-state index >= 15 is 0 Å². The van der Waals surface area contributed by atoms with Gasteiger partial charge >= 0.3 is 0 Å². The molecule has 4 fully saturated rings. The van der Waals surface area contributed by atoms with Crippen molar-refractivity contribution >= 4 is 22.4 Å². The van der Waals surface area contributed by atoms with Crippen LogP contribution in [0.5, 0.6) is 0 Å². The summed E-state index contributed by atoms with van der Waals surface area (Å²) in [5.41, 5.74) is 1.83. The number of hydrogen-bond donors (Lipinski definition) is 1. The molecule has 1 aromatic carbocycles. The molecule has 5 heteroatoms. The van der Waals surface area contributed by atoms with E-state index in [2.05, 4.69) is 5.32 Å². The maximum atomic E-state index is 13.1. The monoisotopic (exact) mass is 416 g/mol. The summed E-state index contributed by atoms with van der Waals surface area (Å²) in [4.78, 5) is 26.1. The van der Waals surface area contributed by atoms with Gasteiger partial charge in [0.2, 0.25) is 5.91 Å². The first-order valence-corrected chi connectivity index (χ1v) is 11.5. The van der Waals surface area contributed by atoms with Crippen molar-refractivity contribution < 1.29 is 9.21 Å². The summed E-state index contributed by atoms with van der Waals surface area (Å²) in [7, 11) is 0. The second-order valence-corrected chi connectivity index (χ2v) is 10.3. The number of nitrogens with zero attached hydrogens (tertiary/aromatic N) is 1. The normalized spacial score (nSPS) is 28.8. The van der Waals surface area contributed by atoms with Crippen molar-refractivity contribution in [1.82, 2.24) is 4.57 Å². The molecule has 0 unspecified atom stereocenters. The van der Waals surface area contributed by atoms with Crippen LogP contribution in [0.3, 0.4) is 0 Å². The number of aromatic nitrogens is 1. The number of rotatable bonds is 5. The smallest absolute Gasteiger partial charge is 0.258 e. The molecule has 4 saturated carbocycles. The standard InChI is InChI=1S/C26H28N2O3/c29-24(14-26-11-18-8-19(12-26)10-20(9-18)13-26)27-23-3-1-2-22-21(23)4-6-28(25(22)30)15-17-5-7-31-16-17/h1-7,16,18-20H,8-15H2,(H,27,29). The first-order valence-electron chi connectivity index (χ1n) is 11.5. The lowest BCUT2D eigenvalue weighted by Gasteiger charge is -2.56. The fourth-order valence-electron chi connectivity index (χ4n) is 7.17. The number of anilines is 1. The van der Waals surface area contributed by atoms with Crippen LogP contribution in [0.25, 0.3) is 10.8 Å². The number of benzene rings is 1. The van der Waals surface area contributed by atoms with Gasteiger partial charge in [-0.3, -0.25) is 9.59 Å². The molecule has 7 rings (SSSR count). The lowest BCUT2D eigenvalue weighted by Crippen LogP contribution is -2.47. The van der Waals surface area contributed by atoms with E-state index < -0.39 is 0 Å². The molecule has 2 aromatic heterocycles.